The van der Waals surface area contributed by atoms with Gasteiger partial charge >= 0.3 is 0 Å². The van der Waals surface area contributed by atoms with Crippen molar-refractivity contribution in [2.45, 2.75) is 25.8 Å². The first-order valence-corrected chi connectivity index (χ1v) is 6.82. The highest BCUT2D eigenvalue weighted by atomic mass is 79.9. The van der Waals surface area contributed by atoms with Crippen molar-refractivity contribution in [1.29, 1.82) is 0 Å². The van der Waals surface area contributed by atoms with Crippen LogP contribution in [0.25, 0.3) is 0 Å². The average molecular weight is 305 g/mol. The molecule has 0 bridgehead atoms. The van der Waals surface area contributed by atoms with E-state index in [4.69, 9.17) is 5.73 Å². The van der Waals surface area contributed by atoms with Gasteiger partial charge in [0.25, 0.3) is 0 Å². The molecule has 0 aliphatic rings. The standard InChI is InChI=1S/C15H17BrN2/c1-10-12(6-5-7-13(10)16)15(17)11(2)14-8-3-4-9-18-14/h3-9,11,15H,17H2,1-2H3. The molecule has 0 aliphatic heterocycles. The summed E-state index contributed by atoms with van der Waals surface area (Å²) in [4.78, 5) is 4.39. The molecule has 0 amide bonds. The zero-order chi connectivity index (χ0) is 13.1. The van der Waals surface area contributed by atoms with E-state index in [1.165, 1.54) is 11.1 Å². The maximum atomic E-state index is 6.38. The van der Waals surface area contributed by atoms with Gasteiger partial charge in [0.05, 0.1) is 0 Å². The van der Waals surface area contributed by atoms with Crippen LogP contribution in [-0.2, 0) is 0 Å². The molecule has 2 rings (SSSR count). The molecule has 1 aromatic heterocycles. The van der Waals surface area contributed by atoms with E-state index < -0.39 is 0 Å². The minimum absolute atomic E-state index is 0.0441. The lowest BCUT2D eigenvalue weighted by atomic mass is 9.90. The molecule has 0 fully saturated rings. The summed E-state index contributed by atoms with van der Waals surface area (Å²) in [6.07, 6.45) is 1.81. The lowest BCUT2D eigenvalue weighted by Gasteiger charge is -2.22. The van der Waals surface area contributed by atoms with Gasteiger partial charge in [-0.2, -0.15) is 0 Å². The number of nitrogens with zero attached hydrogens (tertiary/aromatic N) is 1. The first kappa shape index (κ1) is 13.2. The molecule has 2 N–H and O–H groups in total. The van der Waals surface area contributed by atoms with Gasteiger partial charge in [0.2, 0.25) is 0 Å². The number of pyridine rings is 1. The van der Waals surface area contributed by atoms with E-state index in [0.29, 0.717) is 0 Å². The third-order valence-corrected chi connectivity index (χ3v) is 4.22. The van der Waals surface area contributed by atoms with E-state index in [2.05, 4.69) is 40.8 Å². The Kier molecular flexibility index (Phi) is 4.15. The summed E-state index contributed by atoms with van der Waals surface area (Å²) >= 11 is 3.55. The van der Waals surface area contributed by atoms with Gasteiger partial charge in [0.1, 0.15) is 0 Å². The Labute approximate surface area is 116 Å². The minimum atomic E-state index is -0.0441. The van der Waals surface area contributed by atoms with Crippen molar-refractivity contribution in [2.24, 2.45) is 5.73 Å². The van der Waals surface area contributed by atoms with E-state index in [1.54, 1.807) is 0 Å². The minimum Gasteiger partial charge on any atom is -0.323 e. The second kappa shape index (κ2) is 5.63. The first-order valence-electron chi connectivity index (χ1n) is 6.02. The predicted octanol–water partition coefficient (Wildman–Crippen LogP) is 3.96. The van der Waals surface area contributed by atoms with Crippen molar-refractivity contribution in [3.8, 4) is 0 Å². The fourth-order valence-electron chi connectivity index (χ4n) is 2.08. The van der Waals surface area contributed by atoms with Gasteiger partial charge in [-0.3, -0.25) is 4.98 Å². The van der Waals surface area contributed by atoms with Crippen LogP contribution in [0.4, 0.5) is 0 Å². The van der Waals surface area contributed by atoms with Gasteiger partial charge in [-0.15, -0.1) is 0 Å². The van der Waals surface area contributed by atoms with Crippen LogP contribution in [0.5, 0.6) is 0 Å². The summed E-state index contributed by atoms with van der Waals surface area (Å²) in [6, 6.07) is 12.1. The molecule has 2 aromatic rings. The van der Waals surface area contributed by atoms with Crippen molar-refractivity contribution < 1.29 is 0 Å². The van der Waals surface area contributed by atoms with Crippen LogP contribution in [-0.4, -0.2) is 4.98 Å². The number of halogens is 1. The maximum absolute atomic E-state index is 6.38. The molecular formula is C15H17BrN2. The number of nitrogens with two attached hydrogens (primary N) is 1. The molecular weight excluding hydrogens is 288 g/mol. The maximum Gasteiger partial charge on any atom is 0.0450 e. The molecule has 0 aliphatic carbocycles. The van der Waals surface area contributed by atoms with Gasteiger partial charge in [0, 0.05) is 28.3 Å². The molecule has 0 saturated heterocycles. The Balaban J connectivity index is 2.31. The average Bonchev–Trinajstić information content (AvgIpc) is 2.41. The molecule has 1 heterocycles. The molecule has 0 saturated carbocycles. The third-order valence-electron chi connectivity index (χ3n) is 3.36. The van der Waals surface area contributed by atoms with Crippen molar-refractivity contribution in [2.75, 3.05) is 0 Å². The van der Waals surface area contributed by atoms with Gasteiger partial charge < -0.3 is 5.73 Å². The molecule has 0 spiro atoms. The van der Waals surface area contributed by atoms with Gasteiger partial charge in [-0.05, 0) is 36.2 Å². The topological polar surface area (TPSA) is 38.9 Å². The molecule has 2 nitrogen and oxygen atoms in total. The van der Waals surface area contributed by atoms with Crippen molar-refractivity contribution in [3.05, 3.63) is 63.9 Å². The van der Waals surface area contributed by atoms with Crippen molar-refractivity contribution >= 4 is 15.9 Å². The number of hydrogen-bond donors (Lipinski definition) is 1. The Morgan fingerprint density at radius 1 is 1.17 bits per heavy atom. The van der Waals surface area contributed by atoms with E-state index >= 15 is 0 Å². The monoisotopic (exact) mass is 304 g/mol. The highest BCUT2D eigenvalue weighted by molar-refractivity contribution is 9.10. The smallest absolute Gasteiger partial charge is 0.0450 e. The van der Waals surface area contributed by atoms with Crippen molar-refractivity contribution in [3.63, 3.8) is 0 Å². The number of rotatable bonds is 3. The number of aromatic nitrogens is 1. The van der Waals surface area contributed by atoms with Crippen LogP contribution >= 0.6 is 15.9 Å². The molecule has 2 atom stereocenters. The Bertz CT molecular complexity index is 525. The van der Waals surface area contributed by atoms with Crippen LogP contribution in [0.3, 0.4) is 0 Å². The van der Waals surface area contributed by atoms with Gasteiger partial charge in [-0.1, -0.05) is 41.1 Å². The zero-order valence-electron chi connectivity index (χ0n) is 10.6. The number of hydrogen-bond acceptors (Lipinski definition) is 2. The molecule has 94 valence electrons. The van der Waals surface area contributed by atoms with E-state index in [1.807, 2.05) is 36.5 Å². The molecule has 2 unspecified atom stereocenters. The normalized spacial score (nSPS) is 14.2. The van der Waals surface area contributed by atoms with Crippen LogP contribution in [0.1, 0.15) is 35.7 Å². The fourth-order valence-corrected chi connectivity index (χ4v) is 2.47. The fraction of sp³-hybridized carbons (Fsp3) is 0.267. The van der Waals surface area contributed by atoms with Crippen LogP contribution < -0.4 is 5.73 Å². The van der Waals surface area contributed by atoms with E-state index in [-0.39, 0.29) is 12.0 Å². The van der Waals surface area contributed by atoms with Crippen LogP contribution in [0, 0.1) is 6.92 Å². The largest absolute Gasteiger partial charge is 0.323 e. The van der Waals surface area contributed by atoms with E-state index in [9.17, 15) is 0 Å². The SMILES string of the molecule is Cc1c(Br)cccc1C(N)C(C)c1ccccn1. The molecule has 1 aromatic carbocycles. The molecule has 0 radical (unpaired) electrons. The zero-order valence-corrected chi connectivity index (χ0v) is 12.2. The summed E-state index contributed by atoms with van der Waals surface area (Å²) in [6.45, 7) is 4.21. The highest BCUT2D eigenvalue weighted by Crippen LogP contribution is 2.31. The summed E-state index contributed by atoms with van der Waals surface area (Å²) in [5.41, 5.74) is 9.78. The quantitative estimate of drug-likeness (QED) is 0.932. The molecule has 18 heavy (non-hydrogen) atoms. The second-order valence-electron chi connectivity index (χ2n) is 4.52. The Hall–Kier alpha value is -1.19. The van der Waals surface area contributed by atoms with E-state index in [0.717, 1.165) is 10.2 Å². The predicted molar refractivity (Wildman–Crippen MR) is 78.5 cm³/mol. The Morgan fingerprint density at radius 2 is 1.94 bits per heavy atom. The van der Waals surface area contributed by atoms with Crippen LogP contribution in [0.2, 0.25) is 0 Å². The van der Waals surface area contributed by atoms with Gasteiger partial charge in [0.15, 0.2) is 0 Å². The summed E-state index contributed by atoms with van der Waals surface area (Å²) in [5.74, 6) is 0.194. The summed E-state index contributed by atoms with van der Waals surface area (Å²) < 4.78 is 1.10. The first-order chi connectivity index (χ1) is 8.61. The summed E-state index contributed by atoms with van der Waals surface area (Å²) in [7, 11) is 0. The second-order valence-corrected chi connectivity index (χ2v) is 5.38. The Morgan fingerprint density at radius 3 is 2.61 bits per heavy atom. The lowest BCUT2D eigenvalue weighted by molar-refractivity contribution is 0.581. The number of benzene rings is 1. The third kappa shape index (κ3) is 2.62. The van der Waals surface area contributed by atoms with Crippen LogP contribution in [0.15, 0.2) is 47.1 Å². The lowest BCUT2D eigenvalue weighted by Crippen LogP contribution is -2.19. The summed E-state index contributed by atoms with van der Waals surface area (Å²) in [5, 5.41) is 0. The van der Waals surface area contributed by atoms with Gasteiger partial charge in [-0.25, -0.2) is 0 Å². The molecule has 3 heteroatoms. The van der Waals surface area contributed by atoms with Crippen molar-refractivity contribution in [1.82, 2.24) is 4.98 Å². The highest BCUT2D eigenvalue weighted by Gasteiger charge is 2.19.